The topological polar surface area (TPSA) is 53.1 Å². The summed E-state index contributed by atoms with van der Waals surface area (Å²) in [5.74, 6) is 0.741. The van der Waals surface area contributed by atoms with E-state index >= 15 is 0 Å². The highest BCUT2D eigenvalue weighted by Gasteiger charge is 2.18. The van der Waals surface area contributed by atoms with E-state index in [4.69, 9.17) is 11.6 Å². The lowest BCUT2D eigenvalue weighted by Gasteiger charge is -2.30. The molecule has 140 valence electrons. The molecule has 3 aromatic rings. The van der Waals surface area contributed by atoms with Gasteiger partial charge in [0.1, 0.15) is 11.6 Å². The summed E-state index contributed by atoms with van der Waals surface area (Å²) in [6.07, 6.45) is 2.14. The normalized spacial score (nSPS) is 15.8. The second-order valence-corrected chi connectivity index (χ2v) is 7.30. The Morgan fingerprint density at radius 3 is 2.67 bits per heavy atom. The van der Waals surface area contributed by atoms with Crippen LogP contribution in [0.15, 0.2) is 42.5 Å². The molecule has 0 amide bonds. The van der Waals surface area contributed by atoms with Crippen LogP contribution >= 0.6 is 11.6 Å². The van der Waals surface area contributed by atoms with Crippen molar-refractivity contribution in [2.75, 3.05) is 30.8 Å². The van der Waals surface area contributed by atoms with Gasteiger partial charge >= 0.3 is 0 Å². The SMILES string of the molecule is CN1CCC(Nc2nc(Nc3ccc(Cl)c(F)c3)nc3ccccc23)CC1. The van der Waals surface area contributed by atoms with E-state index in [0.717, 1.165) is 42.7 Å². The fourth-order valence-electron chi connectivity index (χ4n) is 3.29. The quantitative estimate of drug-likeness (QED) is 0.683. The van der Waals surface area contributed by atoms with Crippen LogP contribution in [-0.4, -0.2) is 41.0 Å². The minimum Gasteiger partial charge on any atom is -0.367 e. The second kappa shape index (κ2) is 7.66. The van der Waals surface area contributed by atoms with Gasteiger partial charge in [0.15, 0.2) is 0 Å². The van der Waals surface area contributed by atoms with Crippen LogP contribution in [-0.2, 0) is 0 Å². The molecule has 0 spiro atoms. The van der Waals surface area contributed by atoms with Gasteiger partial charge in [0, 0.05) is 17.1 Å². The van der Waals surface area contributed by atoms with Crippen molar-refractivity contribution in [3.05, 3.63) is 53.3 Å². The Morgan fingerprint density at radius 2 is 1.89 bits per heavy atom. The molecular weight excluding hydrogens is 365 g/mol. The van der Waals surface area contributed by atoms with Crippen molar-refractivity contribution < 1.29 is 4.39 Å². The lowest BCUT2D eigenvalue weighted by atomic mass is 10.1. The Balaban J connectivity index is 1.64. The van der Waals surface area contributed by atoms with Gasteiger partial charge in [-0.3, -0.25) is 0 Å². The molecule has 0 saturated carbocycles. The molecule has 7 heteroatoms. The van der Waals surface area contributed by atoms with E-state index in [1.807, 2.05) is 24.3 Å². The Bertz CT molecular complexity index is 956. The van der Waals surface area contributed by atoms with E-state index in [0.29, 0.717) is 17.7 Å². The van der Waals surface area contributed by atoms with Gasteiger partial charge in [0.2, 0.25) is 5.95 Å². The third kappa shape index (κ3) is 4.12. The van der Waals surface area contributed by atoms with Gasteiger partial charge in [0.05, 0.1) is 10.5 Å². The first-order valence-electron chi connectivity index (χ1n) is 9.02. The van der Waals surface area contributed by atoms with E-state index in [9.17, 15) is 4.39 Å². The number of aromatic nitrogens is 2. The highest BCUT2D eigenvalue weighted by atomic mass is 35.5. The van der Waals surface area contributed by atoms with Crippen LogP contribution in [0.3, 0.4) is 0 Å². The minimum atomic E-state index is -0.480. The Kier molecular flexibility index (Phi) is 5.09. The largest absolute Gasteiger partial charge is 0.367 e. The monoisotopic (exact) mass is 385 g/mol. The Hall–Kier alpha value is -2.44. The second-order valence-electron chi connectivity index (χ2n) is 6.89. The van der Waals surface area contributed by atoms with E-state index < -0.39 is 5.82 Å². The summed E-state index contributed by atoms with van der Waals surface area (Å²) >= 11 is 5.76. The molecular formula is C20H21ClFN5. The molecule has 1 saturated heterocycles. The highest BCUT2D eigenvalue weighted by molar-refractivity contribution is 6.30. The zero-order valence-electron chi connectivity index (χ0n) is 15.0. The molecule has 1 aromatic heterocycles. The standard InChI is InChI=1S/C20H21ClFN5/c1-27-10-8-13(9-11-27)23-19-15-4-2-3-5-18(15)25-20(26-19)24-14-6-7-16(21)17(22)12-14/h2-7,12-13H,8-11H2,1H3,(H2,23,24,25,26). The molecule has 0 atom stereocenters. The van der Waals surface area contributed by atoms with Gasteiger partial charge in [-0.25, -0.2) is 9.37 Å². The molecule has 0 bridgehead atoms. The maximum Gasteiger partial charge on any atom is 0.229 e. The number of halogens is 2. The molecule has 0 radical (unpaired) electrons. The first-order chi connectivity index (χ1) is 13.1. The van der Waals surface area contributed by atoms with Crippen molar-refractivity contribution in [1.82, 2.24) is 14.9 Å². The number of likely N-dealkylation sites (tertiary alicyclic amines) is 1. The first-order valence-corrected chi connectivity index (χ1v) is 9.40. The number of hydrogen-bond acceptors (Lipinski definition) is 5. The number of para-hydroxylation sites is 1. The first kappa shape index (κ1) is 17.9. The van der Waals surface area contributed by atoms with Crippen LogP contribution in [0.5, 0.6) is 0 Å². The molecule has 1 aliphatic heterocycles. The maximum absolute atomic E-state index is 13.7. The minimum absolute atomic E-state index is 0.0876. The van der Waals surface area contributed by atoms with Crippen molar-refractivity contribution in [2.45, 2.75) is 18.9 Å². The number of fused-ring (bicyclic) bond motifs is 1. The van der Waals surface area contributed by atoms with Crippen LogP contribution in [0.25, 0.3) is 10.9 Å². The summed E-state index contributed by atoms with van der Waals surface area (Å²) in [5, 5.41) is 7.72. The Morgan fingerprint density at radius 1 is 1.11 bits per heavy atom. The Labute approximate surface area is 162 Å². The van der Waals surface area contributed by atoms with Gasteiger partial charge in [-0.1, -0.05) is 23.7 Å². The van der Waals surface area contributed by atoms with Gasteiger partial charge < -0.3 is 15.5 Å². The number of piperidine rings is 1. The molecule has 2 aromatic carbocycles. The van der Waals surface area contributed by atoms with E-state index in [1.54, 1.807) is 6.07 Å². The average molecular weight is 386 g/mol. The van der Waals surface area contributed by atoms with Crippen LogP contribution in [0.4, 0.5) is 21.8 Å². The number of nitrogens with one attached hydrogen (secondary N) is 2. The van der Waals surface area contributed by atoms with Crippen molar-refractivity contribution in [3.8, 4) is 0 Å². The average Bonchev–Trinajstić information content (AvgIpc) is 2.67. The lowest BCUT2D eigenvalue weighted by molar-refractivity contribution is 0.264. The third-order valence-electron chi connectivity index (χ3n) is 4.84. The fourth-order valence-corrected chi connectivity index (χ4v) is 3.41. The summed E-state index contributed by atoms with van der Waals surface area (Å²) in [4.78, 5) is 11.6. The van der Waals surface area contributed by atoms with Crippen LogP contribution in [0.1, 0.15) is 12.8 Å². The predicted molar refractivity (Wildman–Crippen MR) is 108 cm³/mol. The van der Waals surface area contributed by atoms with Crippen LogP contribution < -0.4 is 10.6 Å². The number of benzene rings is 2. The van der Waals surface area contributed by atoms with Crippen molar-refractivity contribution in [1.29, 1.82) is 0 Å². The number of hydrogen-bond donors (Lipinski definition) is 2. The highest BCUT2D eigenvalue weighted by Crippen LogP contribution is 2.26. The van der Waals surface area contributed by atoms with Crippen molar-refractivity contribution in [2.24, 2.45) is 0 Å². The molecule has 4 rings (SSSR count). The number of anilines is 3. The molecule has 1 aliphatic rings. The third-order valence-corrected chi connectivity index (χ3v) is 5.14. The smallest absolute Gasteiger partial charge is 0.229 e. The molecule has 0 aliphatic carbocycles. The zero-order chi connectivity index (χ0) is 18.8. The predicted octanol–water partition coefficient (Wildman–Crippen LogP) is 4.67. The van der Waals surface area contributed by atoms with E-state index in [1.165, 1.54) is 12.1 Å². The van der Waals surface area contributed by atoms with Gasteiger partial charge in [-0.2, -0.15) is 4.98 Å². The molecule has 2 heterocycles. The molecule has 2 N–H and O–H groups in total. The van der Waals surface area contributed by atoms with Crippen LogP contribution in [0, 0.1) is 5.82 Å². The van der Waals surface area contributed by atoms with Crippen molar-refractivity contribution >= 4 is 40.0 Å². The number of rotatable bonds is 4. The van der Waals surface area contributed by atoms with Crippen LogP contribution in [0.2, 0.25) is 5.02 Å². The van der Waals surface area contributed by atoms with Gasteiger partial charge in [0.25, 0.3) is 0 Å². The van der Waals surface area contributed by atoms with Crippen molar-refractivity contribution in [3.63, 3.8) is 0 Å². The molecule has 1 fully saturated rings. The molecule has 27 heavy (non-hydrogen) atoms. The van der Waals surface area contributed by atoms with Gasteiger partial charge in [-0.05, 0) is 63.3 Å². The zero-order valence-corrected chi connectivity index (χ0v) is 15.8. The van der Waals surface area contributed by atoms with Gasteiger partial charge in [-0.15, -0.1) is 0 Å². The summed E-state index contributed by atoms with van der Waals surface area (Å²) in [7, 11) is 2.14. The lowest BCUT2D eigenvalue weighted by Crippen LogP contribution is -2.37. The van der Waals surface area contributed by atoms with E-state index in [-0.39, 0.29) is 5.02 Å². The summed E-state index contributed by atoms with van der Waals surface area (Å²) in [5.41, 5.74) is 1.39. The summed E-state index contributed by atoms with van der Waals surface area (Å²) < 4.78 is 13.7. The maximum atomic E-state index is 13.7. The molecule has 0 unspecified atom stereocenters. The van der Waals surface area contributed by atoms with E-state index in [2.05, 4.69) is 32.5 Å². The number of nitrogens with zero attached hydrogens (tertiary/aromatic N) is 3. The summed E-state index contributed by atoms with van der Waals surface area (Å²) in [6.45, 7) is 2.13. The molecule has 5 nitrogen and oxygen atoms in total. The summed E-state index contributed by atoms with van der Waals surface area (Å²) in [6, 6.07) is 12.8. The fraction of sp³-hybridized carbons (Fsp3) is 0.300.